The zero-order chi connectivity index (χ0) is 15.9. The lowest BCUT2D eigenvalue weighted by Crippen LogP contribution is -2.12. The topological polar surface area (TPSA) is 43.4 Å². The van der Waals surface area contributed by atoms with Crippen LogP contribution in [-0.4, -0.2) is 11.8 Å². The third kappa shape index (κ3) is 4.30. The molecular formula is C19H24O3. The Morgan fingerprint density at radius 2 is 1.91 bits per heavy atom. The molecule has 1 aliphatic carbocycles. The van der Waals surface area contributed by atoms with Gasteiger partial charge in [-0.1, -0.05) is 50.5 Å². The summed E-state index contributed by atoms with van der Waals surface area (Å²) in [7, 11) is 0. The first kappa shape index (κ1) is 16.5. The van der Waals surface area contributed by atoms with Gasteiger partial charge in [0.15, 0.2) is 5.76 Å². The molecule has 0 amide bonds. The van der Waals surface area contributed by atoms with E-state index in [1.165, 1.54) is 38.2 Å². The number of carbonyl (C=O) groups is 2. The van der Waals surface area contributed by atoms with Gasteiger partial charge in [0.2, 0.25) is 5.78 Å². The molecule has 1 aromatic carbocycles. The van der Waals surface area contributed by atoms with Crippen molar-refractivity contribution in [2.24, 2.45) is 0 Å². The maximum Gasteiger partial charge on any atom is 0.308 e. The van der Waals surface area contributed by atoms with Crippen LogP contribution in [0.5, 0.6) is 0 Å². The maximum absolute atomic E-state index is 12.2. The average molecular weight is 300 g/mol. The molecular weight excluding hydrogens is 276 g/mol. The number of aryl methyl sites for hydroxylation is 1. The lowest BCUT2D eigenvalue weighted by atomic mass is 9.94. The Morgan fingerprint density at radius 1 is 1.18 bits per heavy atom. The van der Waals surface area contributed by atoms with E-state index in [9.17, 15) is 9.59 Å². The second-order valence-electron chi connectivity index (χ2n) is 5.87. The molecule has 0 saturated carbocycles. The molecule has 0 radical (unpaired) electrons. The minimum atomic E-state index is -0.442. The van der Waals surface area contributed by atoms with Gasteiger partial charge in [-0.25, -0.2) is 0 Å². The molecule has 3 heteroatoms. The summed E-state index contributed by atoms with van der Waals surface area (Å²) in [6.45, 7) is 3.53. The molecule has 22 heavy (non-hydrogen) atoms. The number of ketones is 1. The van der Waals surface area contributed by atoms with Gasteiger partial charge >= 0.3 is 5.97 Å². The number of carbonyl (C=O) groups excluding carboxylic acids is 2. The smallest absolute Gasteiger partial charge is 0.308 e. The Labute approximate surface area is 132 Å². The molecule has 1 aromatic rings. The van der Waals surface area contributed by atoms with E-state index in [2.05, 4.69) is 19.1 Å². The number of benzene rings is 1. The van der Waals surface area contributed by atoms with E-state index in [0.29, 0.717) is 6.42 Å². The van der Waals surface area contributed by atoms with Crippen molar-refractivity contribution in [1.29, 1.82) is 0 Å². The molecule has 0 bridgehead atoms. The highest BCUT2D eigenvalue weighted by atomic mass is 16.5. The van der Waals surface area contributed by atoms with Gasteiger partial charge in [0.25, 0.3) is 0 Å². The second-order valence-corrected chi connectivity index (χ2v) is 5.87. The van der Waals surface area contributed by atoms with Crippen LogP contribution < -0.4 is 0 Å². The number of esters is 1. The number of hydrogen-bond donors (Lipinski definition) is 0. The largest absolute Gasteiger partial charge is 0.423 e. The lowest BCUT2D eigenvalue weighted by molar-refractivity contribution is -0.140. The van der Waals surface area contributed by atoms with Crippen LogP contribution in [0.15, 0.2) is 36.1 Å². The highest BCUT2D eigenvalue weighted by Gasteiger charge is 2.30. The third-order valence-corrected chi connectivity index (χ3v) is 4.05. The van der Waals surface area contributed by atoms with Crippen LogP contribution >= 0.6 is 0 Å². The first-order valence-electron chi connectivity index (χ1n) is 8.13. The zero-order valence-corrected chi connectivity index (χ0v) is 13.4. The first-order valence-corrected chi connectivity index (χ1v) is 8.13. The van der Waals surface area contributed by atoms with E-state index in [1.807, 2.05) is 12.1 Å². The number of ether oxygens (including phenoxy) is 1. The Morgan fingerprint density at radius 3 is 2.55 bits per heavy atom. The number of allylic oxidation sites excluding steroid dienone is 2. The summed E-state index contributed by atoms with van der Waals surface area (Å²) in [5.41, 5.74) is 2.32. The number of hydrogen-bond acceptors (Lipinski definition) is 3. The summed E-state index contributed by atoms with van der Waals surface area (Å²) in [5.74, 6) is -0.543. The van der Waals surface area contributed by atoms with E-state index in [-0.39, 0.29) is 17.5 Å². The summed E-state index contributed by atoms with van der Waals surface area (Å²) in [4.78, 5) is 23.2. The molecule has 1 unspecified atom stereocenters. The van der Waals surface area contributed by atoms with Crippen molar-refractivity contribution >= 4 is 11.8 Å². The van der Waals surface area contributed by atoms with Crippen LogP contribution in [0.3, 0.4) is 0 Å². The second kappa shape index (κ2) is 7.92. The van der Waals surface area contributed by atoms with Crippen molar-refractivity contribution in [1.82, 2.24) is 0 Å². The molecule has 2 rings (SSSR count). The van der Waals surface area contributed by atoms with Crippen molar-refractivity contribution in [3.05, 3.63) is 47.2 Å². The molecule has 3 nitrogen and oxygen atoms in total. The van der Waals surface area contributed by atoms with E-state index in [1.54, 1.807) is 6.08 Å². The Hall–Kier alpha value is -1.90. The van der Waals surface area contributed by atoms with Gasteiger partial charge in [-0.3, -0.25) is 9.59 Å². The van der Waals surface area contributed by atoms with Crippen LogP contribution in [0.25, 0.3) is 0 Å². The van der Waals surface area contributed by atoms with E-state index in [0.717, 1.165) is 12.0 Å². The quantitative estimate of drug-likeness (QED) is 0.556. The van der Waals surface area contributed by atoms with Crippen molar-refractivity contribution in [3.63, 3.8) is 0 Å². The standard InChI is InChI=1S/C19H24O3/c1-3-4-5-6-7-15-8-10-16(11-9-15)17-12-13-18(19(17)21)22-14(2)20/h8-11,13,17H,3-7,12H2,1-2H3. The Kier molecular flexibility index (Phi) is 5.93. The number of rotatable bonds is 7. The molecule has 1 atom stereocenters. The zero-order valence-electron chi connectivity index (χ0n) is 13.4. The fourth-order valence-corrected chi connectivity index (χ4v) is 2.81. The van der Waals surface area contributed by atoms with Gasteiger partial charge in [-0.15, -0.1) is 0 Å². The Balaban J connectivity index is 1.91. The van der Waals surface area contributed by atoms with Crippen LogP contribution in [0.1, 0.15) is 63.0 Å². The van der Waals surface area contributed by atoms with E-state index in [4.69, 9.17) is 4.74 Å². The minimum absolute atomic E-state index is 0.0918. The average Bonchev–Trinajstić information content (AvgIpc) is 2.85. The third-order valence-electron chi connectivity index (χ3n) is 4.05. The van der Waals surface area contributed by atoms with E-state index >= 15 is 0 Å². The Bertz CT molecular complexity index is 555. The molecule has 118 valence electrons. The number of unbranched alkanes of at least 4 members (excludes halogenated alkanes) is 3. The van der Waals surface area contributed by atoms with Gasteiger partial charge in [0.05, 0.1) is 5.92 Å². The maximum atomic E-state index is 12.2. The first-order chi connectivity index (χ1) is 10.6. The highest BCUT2D eigenvalue weighted by molar-refractivity contribution is 6.02. The molecule has 0 N–H and O–H groups in total. The predicted octanol–water partition coefficient (Wildman–Crippen LogP) is 4.31. The van der Waals surface area contributed by atoms with Crippen molar-refractivity contribution < 1.29 is 14.3 Å². The van der Waals surface area contributed by atoms with E-state index < -0.39 is 5.97 Å². The molecule has 0 spiro atoms. The monoisotopic (exact) mass is 300 g/mol. The highest BCUT2D eigenvalue weighted by Crippen LogP contribution is 2.31. The summed E-state index contributed by atoms with van der Waals surface area (Å²) in [5, 5.41) is 0. The number of Topliss-reactive ketones (excluding diaryl/α,β-unsaturated/α-hetero) is 1. The van der Waals surface area contributed by atoms with Crippen molar-refractivity contribution in [2.75, 3.05) is 0 Å². The van der Waals surface area contributed by atoms with Crippen LogP contribution in [0.4, 0.5) is 0 Å². The van der Waals surface area contributed by atoms with Gasteiger partial charge in [0, 0.05) is 6.92 Å². The fourth-order valence-electron chi connectivity index (χ4n) is 2.81. The summed E-state index contributed by atoms with van der Waals surface area (Å²) >= 11 is 0. The normalized spacial score (nSPS) is 17.5. The summed E-state index contributed by atoms with van der Waals surface area (Å²) < 4.78 is 4.95. The van der Waals surface area contributed by atoms with Crippen LogP contribution in [-0.2, 0) is 20.7 Å². The van der Waals surface area contributed by atoms with Crippen LogP contribution in [0.2, 0.25) is 0 Å². The molecule has 0 fully saturated rings. The van der Waals surface area contributed by atoms with Gasteiger partial charge in [-0.2, -0.15) is 0 Å². The predicted molar refractivity (Wildman–Crippen MR) is 86.5 cm³/mol. The fraction of sp³-hybridized carbons (Fsp3) is 0.474. The molecule has 0 heterocycles. The van der Waals surface area contributed by atoms with Crippen molar-refractivity contribution in [2.45, 2.75) is 58.3 Å². The molecule has 0 aromatic heterocycles. The van der Waals surface area contributed by atoms with Crippen molar-refractivity contribution in [3.8, 4) is 0 Å². The summed E-state index contributed by atoms with van der Waals surface area (Å²) in [6, 6.07) is 8.28. The van der Waals surface area contributed by atoms with Crippen LogP contribution in [0, 0.1) is 0 Å². The molecule has 1 aliphatic rings. The van der Waals surface area contributed by atoms with Gasteiger partial charge in [0.1, 0.15) is 0 Å². The SMILES string of the molecule is CCCCCCc1ccc(C2CC=C(OC(C)=O)C2=O)cc1. The minimum Gasteiger partial charge on any atom is -0.423 e. The van der Waals surface area contributed by atoms with Gasteiger partial charge in [-0.05, 0) is 36.5 Å². The molecule has 0 aliphatic heterocycles. The molecule has 0 saturated heterocycles. The lowest BCUT2D eigenvalue weighted by Gasteiger charge is -2.10. The summed E-state index contributed by atoms with van der Waals surface area (Å²) in [6.07, 6.45) is 8.45. The van der Waals surface area contributed by atoms with Gasteiger partial charge < -0.3 is 4.74 Å².